The summed E-state index contributed by atoms with van der Waals surface area (Å²) in [5, 5.41) is 7.29. The van der Waals surface area contributed by atoms with E-state index in [2.05, 4.69) is 15.6 Å². The van der Waals surface area contributed by atoms with E-state index in [1.807, 2.05) is 19.1 Å². The molecule has 3 aromatic rings. The summed E-state index contributed by atoms with van der Waals surface area (Å²) in [5.41, 5.74) is 2.32. The van der Waals surface area contributed by atoms with Crippen LogP contribution >= 0.6 is 22.9 Å². The van der Waals surface area contributed by atoms with Crippen LogP contribution in [0.2, 0.25) is 5.02 Å². The number of carbonyl (C=O) groups is 1. The van der Waals surface area contributed by atoms with E-state index in [0.29, 0.717) is 26.4 Å². The Morgan fingerprint density at radius 1 is 1.15 bits per heavy atom. The number of thiazole rings is 1. The van der Waals surface area contributed by atoms with Crippen LogP contribution in [0, 0.1) is 12.7 Å². The van der Waals surface area contributed by atoms with Crippen LogP contribution in [0.15, 0.2) is 48.5 Å². The second-order valence-electron chi connectivity index (χ2n) is 5.81. The van der Waals surface area contributed by atoms with E-state index in [1.165, 1.54) is 23.5 Å². The number of nitrogens with one attached hydrogen (secondary N) is 2. The Hall–Kier alpha value is -2.44. The summed E-state index contributed by atoms with van der Waals surface area (Å²) in [6, 6.07) is 13.2. The van der Waals surface area contributed by atoms with Gasteiger partial charge in [0.25, 0.3) is 5.91 Å². The molecule has 0 bridgehead atoms. The fourth-order valence-electron chi connectivity index (χ4n) is 2.41. The minimum absolute atomic E-state index is 0.158. The van der Waals surface area contributed by atoms with Crippen LogP contribution in [0.4, 0.5) is 15.2 Å². The lowest BCUT2D eigenvalue weighted by atomic mass is 10.1. The van der Waals surface area contributed by atoms with E-state index < -0.39 is 0 Å². The molecule has 0 aliphatic carbocycles. The van der Waals surface area contributed by atoms with Crippen molar-refractivity contribution in [2.24, 2.45) is 0 Å². The van der Waals surface area contributed by atoms with Crippen molar-refractivity contribution >= 4 is 39.7 Å². The van der Waals surface area contributed by atoms with Crippen molar-refractivity contribution in [1.29, 1.82) is 0 Å². The molecule has 7 heteroatoms. The minimum atomic E-state index is -0.304. The average Bonchev–Trinajstić information content (AvgIpc) is 2.98. The lowest BCUT2D eigenvalue weighted by Crippen LogP contribution is -2.26. The highest BCUT2D eigenvalue weighted by atomic mass is 35.5. The van der Waals surface area contributed by atoms with Crippen LogP contribution in [-0.2, 0) is 0 Å². The largest absolute Gasteiger partial charge is 0.345 e. The second-order valence-corrected chi connectivity index (χ2v) is 7.25. The normalized spacial score (nSPS) is 11.8. The highest BCUT2D eigenvalue weighted by Gasteiger charge is 2.18. The molecule has 0 radical (unpaired) electrons. The molecule has 1 amide bonds. The average molecular weight is 390 g/mol. The molecule has 0 spiro atoms. The molecule has 0 aliphatic heterocycles. The smallest absolute Gasteiger partial charge is 0.263 e. The number of carbonyl (C=O) groups excluding carboxylic acids is 1. The number of aromatic nitrogens is 1. The standard InChI is InChI=1S/C19H17ClFN3OS/c1-11(13-3-5-14(20)6-4-13)22-18(25)17-12(2)23-19(26-17)24-16-9-7-15(21)8-10-16/h3-11H,1-2H3,(H,22,25)(H,23,24). The van der Waals surface area contributed by atoms with Crippen molar-refractivity contribution in [1.82, 2.24) is 10.3 Å². The van der Waals surface area contributed by atoms with E-state index in [0.717, 1.165) is 5.56 Å². The first-order chi connectivity index (χ1) is 12.4. The Kier molecular flexibility index (Phi) is 5.54. The maximum atomic E-state index is 13.0. The first-order valence-corrected chi connectivity index (χ1v) is 9.18. The molecule has 0 aliphatic rings. The number of hydrogen-bond acceptors (Lipinski definition) is 4. The summed E-state index contributed by atoms with van der Waals surface area (Å²) in [7, 11) is 0. The maximum absolute atomic E-state index is 13.0. The molecular formula is C19H17ClFN3OS. The van der Waals surface area contributed by atoms with Gasteiger partial charge >= 0.3 is 0 Å². The quantitative estimate of drug-likeness (QED) is 0.607. The molecule has 2 N–H and O–H groups in total. The number of hydrogen-bond donors (Lipinski definition) is 2. The van der Waals surface area contributed by atoms with Gasteiger partial charge in [-0.2, -0.15) is 0 Å². The topological polar surface area (TPSA) is 54.0 Å². The van der Waals surface area contributed by atoms with Gasteiger partial charge in [-0.25, -0.2) is 9.37 Å². The summed E-state index contributed by atoms with van der Waals surface area (Å²) in [6.07, 6.45) is 0. The molecule has 0 fully saturated rings. The van der Waals surface area contributed by atoms with Gasteiger partial charge in [0.15, 0.2) is 5.13 Å². The molecule has 3 rings (SSSR count). The third kappa shape index (κ3) is 4.39. The number of nitrogens with zero attached hydrogens (tertiary/aromatic N) is 1. The summed E-state index contributed by atoms with van der Waals surface area (Å²) < 4.78 is 13.0. The summed E-state index contributed by atoms with van der Waals surface area (Å²) in [4.78, 5) is 17.5. The molecule has 1 heterocycles. The van der Waals surface area contributed by atoms with E-state index >= 15 is 0 Å². The predicted molar refractivity (Wildman–Crippen MR) is 104 cm³/mol. The number of halogens is 2. The molecule has 0 saturated heterocycles. The van der Waals surface area contributed by atoms with Gasteiger partial charge in [-0.15, -0.1) is 0 Å². The molecule has 1 aromatic heterocycles. The zero-order valence-corrected chi connectivity index (χ0v) is 15.8. The molecule has 4 nitrogen and oxygen atoms in total. The molecular weight excluding hydrogens is 373 g/mol. The Morgan fingerprint density at radius 3 is 2.46 bits per heavy atom. The minimum Gasteiger partial charge on any atom is -0.345 e. The van der Waals surface area contributed by atoms with Crippen molar-refractivity contribution in [3.05, 3.63) is 75.5 Å². The van der Waals surface area contributed by atoms with E-state index in [-0.39, 0.29) is 17.8 Å². The van der Waals surface area contributed by atoms with Gasteiger partial charge in [0, 0.05) is 10.7 Å². The maximum Gasteiger partial charge on any atom is 0.263 e. The monoisotopic (exact) mass is 389 g/mol. The summed E-state index contributed by atoms with van der Waals surface area (Å²) >= 11 is 7.15. The molecule has 1 unspecified atom stereocenters. The third-order valence-electron chi connectivity index (χ3n) is 3.82. The lowest BCUT2D eigenvalue weighted by Gasteiger charge is -2.13. The van der Waals surface area contributed by atoms with E-state index in [4.69, 9.17) is 11.6 Å². The predicted octanol–water partition coefficient (Wildman–Crippen LogP) is 5.48. The van der Waals surface area contributed by atoms with Gasteiger partial charge in [0.05, 0.1) is 11.7 Å². The molecule has 1 atom stereocenters. The molecule has 0 saturated carbocycles. The van der Waals surface area contributed by atoms with Crippen LogP contribution in [0.5, 0.6) is 0 Å². The van der Waals surface area contributed by atoms with Gasteiger partial charge in [-0.3, -0.25) is 4.79 Å². The summed E-state index contributed by atoms with van der Waals surface area (Å²) in [6.45, 7) is 3.70. The zero-order valence-electron chi connectivity index (χ0n) is 14.2. The van der Waals surface area contributed by atoms with Gasteiger partial charge in [-0.1, -0.05) is 35.1 Å². The van der Waals surface area contributed by atoms with E-state index in [9.17, 15) is 9.18 Å². The number of amides is 1. The van der Waals surface area contributed by atoms with Crippen LogP contribution < -0.4 is 10.6 Å². The van der Waals surface area contributed by atoms with Gasteiger partial charge in [-0.05, 0) is 55.8 Å². The van der Waals surface area contributed by atoms with Crippen molar-refractivity contribution in [3.63, 3.8) is 0 Å². The van der Waals surface area contributed by atoms with Crippen LogP contribution in [0.3, 0.4) is 0 Å². The molecule has 26 heavy (non-hydrogen) atoms. The Morgan fingerprint density at radius 2 is 1.81 bits per heavy atom. The number of benzene rings is 2. The highest BCUT2D eigenvalue weighted by molar-refractivity contribution is 7.17. The van der Waals surface area contributed by atoms with Gasteiger partial charge in [0.2, 0.25) is 0 Å². The van der Waals surface area contributed by atoms with Crippen LogP contribution in [-0.4, -0.2) is 10.9 Å². The third-order valence-corrected chi connectivity index (χ3v) is 5.14. The fourth-order valence-corrected chi connectivity index (χ4v) is 3.43. The number of rotatable bonds is 5. The van der Waals surface area contributed by atoms with Crippen molar-refractivity contribution in [2.45, 2.75) is 19.9 Å². The summed E-state index contributed by atoms with van der Waals surface area (Å²) in [5.74, 6) is -0.489. The Balaban J connectivity index is 1.70. The highest BCUT2D eigenvalue weighted by Crippen LogP contribution is 2.26. The second kappa shape index (κ2) is 7.85. The van der Waals surface area contributed by atoms with E-state index in [1.54, 1.807) is 31.2 Å². The van der Waals surface area contributed by atoms with Gasteiger partial charge < -0.3 is 10.6 Å². The Bertz CT molecular complexity index is 910. The lowest BCUT2D eigenvalue weighted by molar-refractivity contribution is 0.0943. The van der Waals surface area contributed by atoms with Crippen LogP contribution in [0.1, 0.15) is 33.9 Å². The SMILES string of the molecule is Cc1nc(Nc2ccc(F)cc2)sc1C(=O)NC(C)c1ccc(Cl)cc1. The number of aryl methyl sites for hydroxylation is 1. The van der Waals surface area contributed by atoms with Gasteiger partial charge in [0.1, 0.15) is 10.7 Å². The molecule has 134 valence electrons. The van der Waals surface area contributed by atoms with Crippen molar-refractivity contribution in [3.8, 4) is 0 Å². The zero-order chi connectivity index (χ0) is 18.7. The molecule has 2 aromatic carbocycles. The first kappa shape index (κ1) is 18.4. The van der Waals surface area contributed by atoms with Crippen LogP contribution in [0.25, 0.3) is 0 Å². The Labute approximate surface area is 160 Å². The van der Waals surface area contributed by atoms with Crippen molar-refractivity contribution in [2.75, 3.05) is 5.32 Å². The fraction of sp³-hybridized carbons (Fsp3) is 0.158. The first-order valence-electron chi connectivity index (χ1n) is 7.98. The van der Waals surface area contributed by atoms with Crippen molar-refractivity contribution < 1.29 is 9.18 Å². The number of anilines is 2.